The first-order valence-electron chi connectivity index (χ1n) is 44.0. The second kappa shape index (κ2) is 51.9. The first-order chi connectivity index (χ1) is 56.7. The van der Waals surface area contributed by atoms with Gasteiger partial charge in [-0.05, 0) is 136 Å². The molecule has 7 aliphatic rings. The van der Waals surface area contributed by atoms with E-state index < -0.39 is 182 Å². The summed E-state index contributed by atoms with van der Waals surface area (Å²) >= 11 is 0. The molecule has 4 saturated heterocycles. The molecule has 0 spiro atoms. The number of hydrogen-bond acceptors (Lipinski definition) is 28. The standard InChI is InChI=1S/C91H154O28/c1-51-26-32-69(116-90-88(108-18)86(106-16)77(96)49-110-90)42-63-22-20-24-65(114-63)44-73(104-14)40-62(92)41-74(93)58(8)84(60(10)82(100)53(3)30-34-67-45-71(102-12)38-55(5)112-67)118-80(98)36-28-52(2)27-33-70(117-91-89(109-19)87(107-17)78(97)50-111-91)43-64-23-21-25-66(115-64)47-79(105-15)57(7)75(94)48-76(95)59(9)85(119-81(99)37-29-51)61(11)83(101)54(4)31-35-68-46-72(103-13)39-56(6)113-68/h20-23,26-29,36-37,53-79,82-97,100-101H,24-25,30-35,38-50H2,1-19H3/b36-28?,37-29?,51-26-,52-27-/t53-,54-,55-,56-,57-,58-,59-,60-,61-,62+,63-,64-,65-,66-,67-,68-,69-,70-,71+,72+,73+,74+,75-,76+,77-,78+,79-,82-,83-,84-,85-,86+,87-,88+,89-,90+,91-/m0/s1. The van der Waals surface area contributed by atoms with Gasteiger partial charge in [0.2, 0.25) is 0 Å². The van der Waals surface area contributed by atoms with Crippen LogP contribution in [0.3, 0.4) is 0 Å². The highest BCUT2D eigenvalue weighted by Gasteiger charge is 2.47. The number of aliphatic hydroxyl groups is 8. The molecule has 7 heterocycles. The largest absolute Gasteiger partial charge is 0.458 e. The lowest BCUT2D eigenvalue weighted by atomic mass is 9.78. The van der Waals surface area contributed by atoms with Gasteiger partial charge in [-0.2, -0.15) is 0 Å². The third-order valence-corrected chi connectivity index (χ3v) is 26.2. The molecule has 0 aliphatic carbocycles. The summed E-state index contributed by atoms with van der Waals surface area (Å²) in [5.41, 5.74) is 1.34. The Balaban J connectivity index is 1.19. The van der Waals surface area contributed by atoms with E-state index in [1.807, 2.05) is 98.8 Å². The highest BCUT2D eigenvalue weighted by Crippen LogP contribution is 2.38. The number of rotatable bonds is 24. The predicted molar refractivity (Wildman–Crippen MR) is 445 cm³/mol. The number of carbonyl (C=O) groups is 2. The summed E-state index contributed by atoms with van der Waals surface area (Å²) in [6.07, 6.45) is 6.46. The van der Waals surface area contributed by atoms with E-state index in [0.29, 0.717) is 75.4 Å². The average Bonchev–Trinajstić information content (AvgIpc) is 0.892. The summed E-state index contributed by atoms with van der Waals surface area (Å²) in [6, 6.07) is 0. The maximum absolute atomic E-state index is 14.4. The summed E-state index contributed by atoms with van der Waals surface area (Å²) < 4.78 is 111. The molecule has 119 heavy (non-hydrogen) atoms. The fraction of sp³-hybridized carbons (Fsp3) is 0.846. The van der Waals surface area contributed by atoms with Crippen LogP contribution in [0.15, 0.2) is 71.9 Å². The third kappa shape index (κ3) is 32.0. The van der Waals surface area contributed by atoms with E-state index in [-0.39, 0.29) is 99.9 Å². The fourth-order valence-corrected chi connectivity index (χ4v) is 18.5. The zero-order valence-electron chi connectivity index (χ0n) is 74.7. The minimum Gasteiger partial charge on any atom is -0.458 e. The number of esters is 2. The van der Waals surface area contributed by atoms with E-state index in [0.717, 1.165) is 25.7 Å². The van der Waals surface area contributed by atoms with Crippen LogP contribution < -0.4 is 0 Å². The number of fused-ring (bicyclic) bond motifs is 4. The summed E-state index contributed by atoms with van der Waals surface area (Å²) in [5.74, 6) is -5.50. The van der Waals surface area contributed by atoms with Crippen LogP contribution in [-0.2, 0) is 94.9 Å². The molecule has 37 atom stereocenters. The third-order valence-electron chi connectivity index (χ3n) is 26.2. The van der Waals surface area contributed by atoms with Crippen LogP contribution in [0, 0.1) is 41.4 Å². The van der Waals surface area contributed by atoms with Crippen molar-refractivity contribution in [3.8, 4) is 0 Å². The van der Waals surface area contributed by atoms with Crippen molar-refractivity contribution in [1.82, 2.24) is 0 Å². The zero-order valence-corrected chi connectivity index (χ0v) is 74.7. The molecule has 0 saturated carbocycles. The van der Waals surface area contributed by atoms with E-state index >= 15 is 0 Å². The second-order valence-electron chi connectivity index (χ2n) is 35.4. The molecule has 7 aliphatic heterocycles. The second-order valence-corrected chi connectivity index (χ2v) is 35.4. The van der Waals surface area contributed by atoms with E-state index in [4.69, 9.17) is 85.3 Å². The van der Waals surface area contributed by atoms with Gasteiger partial charge < -0.3 is 126 Å². The Hall–Kier alpha value is -3.58. The number of cyclic esters (lactones) is 2. The van der Waals surface area contributed by atoms with Gasteiger partial charge in [0.25, 0.3) is 0 Å². The van der Waals surface area contributed by atoms with Crippen LogP contribution in [0.1, 0.15) is 198 Å². The highest BCUT2D eigenvalue weighted by molar-refractivity contribution is 5.83. The van der Waals surface area contributed by atoms with Crippen LogP contribution in [0.25, 0.3) is 0 Å². The van der Waals surface area contributed by atoms with E-state index in [2.05, 4.69) is 0 Å². The Labute approximate surface area is 709 Å². The molecule has 686 valence electrons. The number of aliphatic hydroxyl groups excluding tert-OH is 8. The van der Waals surface area contributed by atoms with Gasteiger partial charge in [0.15, 0.2) is 12.6 Å². The summed E-state index contributed by atoms with van der Waals surface area (Å²) in [5, 5.41) is 95.0. The molecule has 0 aromatic carbocycles. The predicted octanol–water partition coefficient (Wildman–Crippen LogP) is 9.41. The van der Waals surface area contributed by atoms with E-state index in [9.17, 15) is 50.4 Å². The quantitative estimate of drug-likeness (QED) is 0.0329. The van der Waals surface area contributed by atoms with Gasteiger partial charge in [-0.3, -0.25) is 0 Å². The lowest BCUT2D eigenvalue weighted by Gasteiger charge is -2.40. The molecule has 7 rings (SSSR count). The van der Waals surface area contributed by atoms with Gasteiger partial charge in [0.05, 0.1) is 135 Å². The SMILES string of the molecule is CO[C@@H]1C[C@@H](O)C[C@@H](O)[C@H](C)[C@@H]([C@@H](C)[C@@H](O)[C@@H](C)CC[C@H]2C[C@H](OC)C[C@H](C)O2)OC(=O)C=C/C(C)=C\C[C@H](O[C@@H]2OC[C@@H](O)[C@H](OC)[C@@H]2OC)C[C@@H]2C=CC[C@@H](C[C@H](OC)[C@@H](C)[C@@H](O)C[C@@H](O)[C@H](C)[C@@H]([C@@H](C)[C@@H](O)[C@@H](C)CC[C@H]3C[C@H](OC)C[C@H](C)O3)OC(=O)C=C/C(C)=C\C[C@H](O[C@H]3OC[C@H](O)[C@@H](OC)[C@H]3OC)C[C@@H]3C=CC[C@@H](C1)O3)O2. The van der Waals surface area contributed by atoms with Crippen LogP contribution in [0.4, 0.5) is 0 Å². The van der Waals surface area contributed by atoms with Crippen molar-refractivity contribution in [2.75, 3.05) is 70.1 Å². The molecular formula is C91H154O28. The Morgan fingerprint density at radius 1 is 0.412 bits per heavy atom. The van der Waals surface area contributed by atoms with Gasteiger partial charge in [-0.1, -0.05) is 108 Å². The maximum atomic E-state index is 14.4. The number of ether oxygens (including phenoxy) is 18. The van der Waals surface area contributed by atoms with Crippen LogP contribution in [0.5, 0.6) is 0 Å². The first kappa shape index (κ1) is 102. The molecule has 4 fully saturated rings. The monoisotopic (exact) mass is 1700 g/mol. The van der Waals surface area contributed by atoms with Crippen LogP contribution >= 0.6 is 0 Å². The molecule has 28 nitrogen and oxygen atoms in total. The minimum atomic E-state index is -1.23. The molecule has 0 radical (unpaired) electrons. The van der Waals surface area contributed by atoms with Gasteiger partial charge >= 0.3 is 11.9 Å². The van der Waals surface area contributed by atoms with Gasteiger partial charge in [0.1, 0.15) is 48.8 Å². The topological polar surface area (TPSA) is 362 Å². The van der Waals surface area contributed by atoms with Crippen molar-refractivity contribution in [3.05, 3.63) is 71.9 Å². The summed E-state index contributed by atoms with van der Waals surface area (Å²) in [4.78, 5) is 28.8. The molecular weight excluding hydrogens is 1540 g/mol. The Morgan fingerprint density at radius 3 is 1.21 bits per heavy atom. The highest BCUT2D eigenvalue weighted by atomic mass is 16.7. The molecule has 4 bridgehead atoms. The maximum Gasteiger partial charge on any atom is 0.331 e. The van der Waals surface area contributed by atoms with Gasteiger partial charge in [-0.25, -0.2) is 9.59 Å². The molecule has 0 aromatic rings. The van der Waals surface area contributed by atoms with Crippen LogP contribution in [-0.4, -0.2) is 306 Å². The smallest absolute Gasteiger partial charge is 0.331 e. The molecule has 0 aromatic heterocycles. The normalized spacial score (nSPS) is 41.3. The molecule has 0 unspecified atom stereocenters. The van der Waals surface area contributed by atoms with Crippen molar-refractivity contribution in [2.24, 2.45) is 41.4 Å². The van der Waals surface area contributed by atoms with Crippen molar-refractivity contribution in [2.45, 2.75) is 382 Å². The van der Waals surface area contributed by atoms with E-state index in [1.165, 1.54) is 40.6 Å². The number of methoxy groups -OCH3 is 8. The number of hydrogen-bond donors (Lipinski definition) is 8. The Morgan fingerprint density at radius 2 is 0.807 bits per heavy atom. The van der Waals surface area contributed by atoms with Crippen molar-refractivity contribution in [3.63, 3.8) is 0 Å². The van der Waals surface area contributed by atoms with E-state index in [1.54, 1.807) is 54.4 Å². The Kier molecular flexibility index (Phi) is 44.7. The fourth-order valence-electron chi connectivity index (χ4n) is 18.5. The Bertz CT molecular complexity index is 3080. The van der Waals surface area contributed by atoms with Crippen molar-refractivity contribution >= 4 is 11.9 Å². The average molecular weight is 1700 g/mol. The molecule has 0 amide bonds. The summed E-state index contributed by atoms with van der Waals surface area (Å²) in [6.45, 7) is 20.5. The lowest BCUT2D eigenvalue weighted by Crippen LogP contribution is -2.56. The number of allylic oxidation sites excluding steroid dienone is 4. The van der Waals surface area contributed by atoms with Crippen LogP contribution in [0.2, 0.25) is 0 Å². The summed E-state index contributed by atoms with van der Waals surface area (Å²) in [7, 11) is 12.5. The van der Waals surface area contributed by atoms with Gasteiger partial charge in [0, 0.05) is 124 Å². The number of carbonyl (C=O) groups excluding carboxylic acids is 2. The van der Waals surface area contributed by atoms with Crippen molar-refractivity contribution < 1.29 is 136 Å². The molecule has 8 N–H and O–H groups in total. The van der Waals surface area contributed by atoms with Crippen molar-refractivity contribution in [1.29, 1.82) is 0 Å². The minimum absolute atomic E-state index is 0.0181. The first-order valence-corrected chi connectivity index (χ1v) is 44.0. The lowest BCUT2D eigenvalue weighted by molar-refractivity contribution is -0.293. The zero-order chi connectivity index (χ0) is 87.3. The van der Waals surface area contributed by atoms with Gasteiger partial charge in [-0.15, -0.1) is 0 Å². The molecule has 28 heteroatoms.